The van der Waals surface area contributed by atoms with Gasteiger partial charge >= 0.3 is 0 Å². The Hall–Kier alpha value is -1.85. The van der Waals surface area contributed by atoms with Gasteiger partial charge in [-0.15, -0.1) is 0 Å². The third-order valence-electron chi connectivity index (χ3n) is 4.64. The Kier molecular flexibility index (Phi) is 6.48. The topological polar surface area (TPSA) is 58.2 Å². The zero-order chi connectivity index (χ0) is 19.5. The summed E-state index contributed by atoms with van der Waals surface area (Å²) in [5.41, 5.74) is 4.80. The molecule has 5 heteroatoms. The summed E-state index contributed by atoms with van der Waals surface area (Å²) < 4.78 is 29.0. The van der Waals surface area contributed by atoms with Crippen LogP contribution in [0.4, 0.5) is 5.69 Å². The predicted octanol–water partition coefficient (Wildman–Crippen LogP) is 4.34. The number of hydrogen-bond acceptors (Lipinski definition) is 3. The molecular formula is C21H30N2O2S. The number of aryl methyl sites for hydroxylation is 4. The van der Waals surface area contributed by atoms with Crippen LogP contribution in [-0.4, -0.2) is 21.0 Å². The van der Waals surface area contributed by atoms with Crippen LogP contribution < -0.4 is 10.0 Å². The van der Waals surface area contributed by atoms with Crippen molar-refractivity contribution in [1.29, 1.82) is 0 Å². The smallest absolute Gasteiger partial charge is 0.241 e. The van der Waals surface area contributed by atoms with Crippen LogP contribution in [0.5, 0.6) is 0 Å². The Labute approximate surface area is 158 Å². The van der Waals surface area contributed by atoms with Gasteiger partial charge in [0, 0.05) is 18.3 Å². The SMILES string of the molecule is Cc1cc(C)c(S(=O)(=O)NC(CNc2ccccc2C)C(C)C)c(C)c1. The van der Waals surface area contributed by atoms with Crippen LogP contribution >= 0.6 is 0 Å². The molecule has 0 spiro atoms. The van der Waals surface area contributed by atoms with Gasteiger partial charge in [0.05, 0.1) is 4.90 Å². The molecule has 1 unspecified atom stereocenters. The summed E-state index contributed by atoms with van der Waals surface area (Å²) in [7, 11) is -3.59. The Morgan fingerprint density at radius 2 is 1.50 bits per heavy atom. The third-order valence-corrected chi connectivity index (χ3v) is 6.44. The van der Waals surface area contributed by atoms with Gasteiger partial charge in [-0.25, -0.2) is 13.1 Å². The van der Waals surface area contributed by atoms with Gasteiger partial charge in [-0.05, 0) is 56.4 Å². The number of sulfonamides is 1. The molecule has 0 radical (unpaired) electrons. The summed E-state index contributed by atoms with van der Waals surface area (Å²) in [6, 6.07) is 11.6. The maximum atomic E-state index is 13.0. The summed E-state index contributed by atoms with van der Waals surface area (Å²) in [5, 5.41) is 3.38. The first-order chi connectivity index (χ1) is 12.1. The molecule has 0 aromatic heterocycles. The van der Waals surface area contributed by atoms with E-state index in [1.807, 2.05) is 77.9 Å². The monoisotopic (exact) mass is 374 g/mol. The fraction of sp³-hybridized carbons (Fsp3) is 0.429. The average molecular weight is 375 g/mol. The molecule has 1 atom stereocenters. The normalized spacial score (nSPS) is 13.0. The van der Waals surface area contributed by atoms with E-state index in [-0.39, 0.29) is 12.0 Å². The van der Waals surface area contributed by atoms with E-state index in [2.05, 4.69) is 10.0 Å². The Morgan fingerprint density at radius 1 is 0.923 bits per heavy atom. The molecule has 0 fully saturated rings. The first kappa shape index (κ1) is 20.5. The number of benzene rings is 2. The number of hydrogen-bond donors (Lipinski definition) is 2. The second kappa shape index (κ2) is 8.23. The Morgan fingerprint density at radius 3 is 2.04 bits per heavy atom. The maximum absolute atomic E-state index is 13.0. The molecule has 2 aromatic rings. The Bertz CT molecular complexity index is 850. The van der Waals surface area contributed by atoms with Crippen molar-refractivity contribution < 1.29 is 8.42 Å². The number of anilines is 1. The number of rotatable bonds is 7. The van der Waals surface area contributed by atoms with Gasteiger partial charge in [-0.2, -0.15) is 0 Å². The fourth-order valence-electron chi connectivity index (χ4n) is 3.25. The molecule has 4 nitrogen and oxygen atoms in total. The van der Waals surface area contributed by atoms with Crippen LogP contribution in [0.2, 0.25) is 0 Å². The summed E-state index contributed by atoms with van der Waals surface area (Å²) >= 11 is 0. The minimum atomic E-state index is -3.59. The second-order valence-electron chi connectivity index (χ2n) is 7.40. The largest absolute Gasteiger partial charge is 0.383 e. The van der Waals surface area contributed by atoms with Crippen LogP contribution in [0.3, 0.4) is 0 Å². The molecule has 2 aromatic carbocycles. The second-order valence-corrected chi connectivity index (χ2v) is 9.05. The third kappa shape index (κ3) is 4.86. The van der Waals surface area contributed by atoms with Crippen LogP contribution in [-0.2, 0) is 10.0 Å². The van der Waals surface area contributed by atoms with Crippen molar-refractivity contribution in [3.05, 3.63) is 58.7 Å². The lowest BCUT2D eigenvalue weighted by atomic mass is 10.1. The molecular weight excluding hydrogens is 344 g/mol. The molecule has 2 N–H and O–H groups in total. The molecule has 26 heavy (non-hydrogen) atoms. The summed E-state index contributed by atoms with van der Waals surface area (Å²) in [4.78, 5) is 0.393. The molecule has 0 heterocycles. The highest BCUT2D eigenvalue weighted by molar-refractivity contribution is 7.89. The molecule has 0 aliphatic carbocycles. The van der Waals surface area contributed by atoms with E-state index in [1.165, 1.54) is 0 Å². The van der Waals surface area contributed by atoms with Gasteiger partial charge in [0.1, 0.15) is 0 Å². The highest BCUT2D eigenvalue weighted by atomic mass is 32.2. The van der Waals surface area contributed by atoms with Gasteiger partial charge < -0.3 is 5.32 Å². The molecule has 0 bridgehead atoms. The van der Waals surface area contributed by atoms with Crippen LogP contribution in [0.15, 0.2) is 41.3 Å². The van der Waals surface area contributed by atoms with Gasteiger partial charge in [0.2, 0.25) is 10.0 Å². The lowest BCUT2D eigenvalue weighted by Crippen LogP contribution is -2.43. The van der Waals surface area contributed by atoms with Crippen molar-refractivity contribution in [3.63, 3.8) is 0 Å². The quantitative estimate of drug-likeness (QED) is 0.758. The van der Waals surface area contributed by atoms with Gasteiger partial charge in [-0.1, -0.05) is 49.7 Å². The summed E-state index contributed by atoms with van der Waals surface area (Å²) in [6.45, 7) is 12.3. The van der Waals surface area contributed by atoms with Crippen molar-refractivity contribution in [2.45, 2.75) is 52.5 Å². The zero-order valence-electron chi connectivity index (χ0n) is 16.6. The standard InChI is InChI=1S/C21H30N2O2S/c1-14(2)20(13-22-19-10-8-7-9-16(19)4)23-26(24,25)21-17(5)11-15(3)12-18(21)6/h7-12,14,20,22-23H,13H2,1-6H3. The zero-order valence-corrected chi connectivity index (χ0v) is 17.4. The lowest BCUT2D eigenvalue weighted by molar-refractivity contribution is 0.462. The summed E-state index contributed by atoms with van der Waals surface area (Å²) in [6.07, 6.45) is 0. The van der Waals surface area contributed by atoms with E-state index in [1.54, 1.807) is 0 Å². The van der Waals surface area contributed by atoms with Crippen molar-refractivity contribution in [2.24, 2.45) is 5.92 Å². The average Bonchev–Trinajstić information content (AvgIpc) is 2.51. The molecule has 0 aliphatic rings. The minimum Gasteiger partial charge on any atom is -0.383 e. The van der Waals surface area contributed by atoms with Crippen molar-refractivity contribution in [2.75, 3.05) is 11.9 Å². The minimum absolute atomic E-state index is 0.160. The molecule has 0 aliphatic heterocycles. The maximum Gasteiger partial charge on any atom is 0.241 e. The molecule has 0 saturated carbocycles. The van der Waals surface area contributed by atoms with E-state index in [0.29, 0.717) is 11.4 Å². The lowest BCUT2D eigenvalue weighted by Gasteiger charge is -2.25. The van der Waals surface area contributed by atoms with Gasteiger partial charge in [0.25, 0.3) is 0 Å². The first-order valence-electron chi connectivity index (χ1n) is 9.01. The van der Waals surface area contributed by atoms with E-state index in [9.17, 15) is 8.42 Å². The van der Waals surface area contributed by atoms with Crippen LogP contribution in [0.1, 0.15) is 36.1 Å². The fourth-order valence-corrected chi connectivity index (χ4v) is 5.09. The van der Waals surface area contributed by atoms with Crippen LogP contribution in [0.25, 0.3) is 0 Å². The first-order valence-corrected chi connectivity index (χ1v) is 10.5. The molecule has 2 rings (SSSR count). The predicted molar refractivity (Wildman–Crippen MR) is 109 cm³/mol. The molecule has 142 valence electrons. The van der Waals surface area contributed by atoms with Gasteiger partial charge in [-0.3, -0.25) is 0 Å². The van der Waals surface area contributed by atoms with Crippen molar-refractivity contribution >= 4 is 15.7 Å². The van der Waals surface area contributed by atoms with Gasteiger partial charge in [0.15, 0.2) is 0 Å². The number of nitrogens with one attached hydrogen (secondary N) is 2. The van der Waals surface area contributed by atoms with Crippen molar-refractivity contribution in [1.82, 2.24) is 4.72 Å². The van der Waals surface area contributed by atoms with E-state index >= 15 is 0 Å². The highest BCUT2D eigenvalue weighted by Gasteiger charge is 2.25. The van der Waals surface area contributed by atoms with E-state index in [4.69, 9.17) is 0 Å². The van der Waals surface area contributed by atoms with Crippen LogP contribution in [0, 0.1) is 33.6 Å². The van der Waals surface area contributed by atoms with E-state index < -0.39 is 10.0 Å². The Balaban J connectivity index is 2.23. The highest BCUT2D eigenvalue weighted by Crippen LogP contribution is 2.23. The van der Waals surface area contributed by atoms with E-state index in [0.717, 1.165) is 27.9 Å². The number of para-hydroxylation sites is 1. The summed E-state index contributed by atoms with van der Waals surface area (Å²) in [5.74, 6) is 0.160. The van der Waals surface area contributed by atoms with Crippen molar-refractivity contribution in [3.8, 4) is 0 Å². The molecule has 0 amide bonds. The molecule has 0 saturated heterocycles.